The Morgan fingerprint density at radius 1 is 1.39 bits per heavy atom. The number of aromatic nitrogens is 2. The molecule has 2 aromatic rings. The fraction of sp³-hybridized carbons (Fsp3) is 0.500. The lowest BCUT2D eigenvalue weighted by atomic mass is 10.1. The number of carbonyl (C=O) groups is 1. The van der Waals surface area contributed by atoms with Gasteiger partial charge in [-0.25, -0.2) is 9.18 Å². The second-order valence-electron chi connectivity index (χ2n) is 6.57. The van der Waals surface area contributed by atoms with Crippen molar-refractivity contribution in [2.75, 3.05) is 31.6 Å². The van der Waals surface area contributed by atoms with Gasteiger partial charge in [-0.15, -0.1) is 10.2 Å². The monoisotopic (exact) mass is 409 g/mol. The van der Waals surface area contributed by atoms with E-state index in [2.05, 4.69) is 25.7 Å². The number of halogens is 1. The first-order chi connectivity index (χ1) is 13.6. The number of benzene rings is 1. The van der Waals surface area contributed by atoms with Crippen molar-refractivity contribution >= 4 is 22.5 Å². The Balaban J connectivity index is 1.34. The number of carbonyl (C=O) groups excluding carboxylic acids is 1. The summed E-state index contributed by atoms with van der Waals surface area (Å²) < 4.78 is 18.7. The third-order valence-corrected chi connectivity index (χ3v) is 5.36. The Labute approximate surface area is 166 Å². The van der Waals surface area contributed by atoms with Crippen molar-refractivity contribution in [2.24, 2.45) is 0 Å². The average molecular weight is 409 g/mol. The van der Waals surface area contributed by atoms with Crippen molar-refractivity contribution in [1.82, 2.24) is 20.4 Å². The zero-order valence-corrected chi connectivity index (χ0v) is 16.4. The summed E-state index contributed by atoms with van der Waals surface area (Å²) in [5.41, 5.74) is 0. The Kier molecular flexibility index (Phi) is 7.12. The van der Waals surface area contributed by atoms with Gasteiger partial charge in [0.05, 0.1) is 12.6 Å². The molecule has 10 heteroatoms. The SMILES string of the molecule is CCc1nnc(NC(=O)N[C@H](CO)CCN2CC(Oc3ccc(F)cc3)C2)s1. The van der Waals surface area contributed by atoms with E-state index in [0.29, 0.717) is 17.3 Å². The van der Waals surface area contributed by atoms with Crippen LogP contribution in [0.2, 0.25) is 0 Å². The second kappa shape index (κ2) is 9.76. The molecule has 28 heavy (non-hydrogen) atoms. The van der Waals surface area contributed by atoms with E-state index in [1.54, 1.807) is 12.1 Å². The predicted octanol–water partition coefficient (Wildman–Crippen LogP) is 1.88. The van der Waals surface area contributed by atoms with Crippen LogP contribution in [0.25, 0.3) is 0 Å². The molecular formula is C18H24FN5O3S. The number of rotatable bonds is 9. The van der Waals surface area contributed by atoms with E-state index in [1.165, 1.54) is 23.5 Å². The van der Waals surface area contributed by atoms with Gasteiger partial charge in [-0.1, -0.05) is 18.3 Å². The molecule has 2 amide bonds. The number of nitrogens with one attached hydrogen (secondary N) is 2. The molecule has 0 saturated carbocycles. The van der Waals surface area contributed by atoms with Gasteiger partial charge >= 0.3 is 6.03 Å². The quantitative estimate of drug-likeness (QED) is 0.585. The zero-order chi connectivity index (χ0) is 19.9. The number of hydrogen-bond acceptors (Lipinski definition) is 7. The molecular weight excluding hydrogens is 385 g/mol. The molecule has 0 radical (unpaired) electrons. The highest BCUT2D eigenvalue weighted by Gasteiger charge is 2.28. The van der Waals surface area contributed by atoms with Gasteiger partial charge in [-0.2, -0.15) is 0 Å². The van der Waals surface area contributed by atoms with Crippen LogP contribution < -0.4 is 15.4 Å². The summed E-state index contributed by atoms with van der Waals surface area (Å²) in [6.07, 6.45) is 1.45. The molecule has 0 spiro atoms. The zero-order valence-electron chi connectivity index (χ0n) is 15.6. The highest BCUT2D eigenvalue weighted by atomic mass is 32.1. The topological polar surface area (TPSA) is 99.6 Å². The number of anilines is 1. The lowest BCUT2D eigenvalue weighted by Gasteiger charge is -2.39. The molecule has 1 aromatic heterocycles. The largest absolute Gasteiger partial charge is 0.488 e. The van der Waals surface area contributed by atoms with E-state index in [0.717, 1.165) is 31.1 Å². The lowest BCUT2D eigenvalue weighted by Crippen LogP contribution is -2.55. The van der Waals surface area contributed by atoms with E-state index in [-0.39, 0.29) is 24.6 Å². The summed E-state index contributed by atoms with van der Waals surface area (Å²) in [5.74, 6) is 0.367. The van der Waals surface area contributed by atoms with Crippen LogP contribution in [0.3, 0.4) is 0 Å². The Morgan fingerprint density at radius 2 is 2.14 bits per heavy atom. The van der Waals surface area contributed by atoms with Crippen LogP contribution in [0.4, 0.5) is 14.3 Å². The molecule has 3 N–H and O–H groups in total. The Hall–Kier alpha value is -2.30. The fourth-order valence-corrected chi connectivity index (χ4v) is 3.47. The maximum atomic E-state index is 12.9. The minimum Gasteiger partial charge on any atom is -0.488 e. The van der Waals surface area contributed by atoms with Gasteiger partial charge in [-0.3, -0.25) is 10.2 Å². The Bertz CT molecular complexity index is 767. The van der Waals surface area contributed by atoms with Crippen LogP contribution in [0.5, 0.6) is 5.75 Å². The molecule has 1 saturated heterocycles. The maximum Gasteiger partial charge on any atom is 0.321 e. The number of hydrogen-bond donors (Lipinski definition) is 3. The number of nitrogens with zero attached hydrogens (tertiary/aromatic N) is 3. The van der Waals surface area contributed by atoms with Gasteiger partial charge in [0.15, 0.2) is 0 Å². The predicted molar refractivity (Wildman–Crippen MR) is 104 cm³/mol. The summed E-state index contributed by atoms with van der Waals surface area (Å²) >= 11 is 1.33. The van der Waals surface area contributed by atoms with Crippen molar-refractivity contribution in [2.45, 2.75) is 31.9 Å². The number of urea groups is 1. The highest BCUT2D eigenvalue weighted by Crippen LogP contribution is 2.19. The van der Waals surface area contributed by atoms with E-state index >= 15 is 0 Å². The average Bonchev–Trinajstić information content (AvgIpc) is 3.11. The van der Waals surface area contributed by atoms with Crippen molar-refractivity contribution in [3.8, 4) is 5.75 Å². The van der Waals surface area contributed by atoms with Crippen LogP contribution in [0.1, 0.15) is 18.4 Å². The molecule has 152 valence electrons. The molecule has 0 aliphatic carbocycles. The van der Waals surface area contributed by atoms with Gasteiger partial charge in [0.1, 0.15) is 22.7 Å². The molecule has 3 rings (SSSR count). The maximum absolute atomic E-state index is 12.9. The van der Waals surface area contributed by atoms with Crippen LogP contribution in [0.15, 0.2) is 24.3 Å². The van der Waals surface area contributed by atoms with Gasteiger partial charge < -0.3 is 15.2 Å². The summed E-state index contributed by atoms with van der Waals surface area (Å²) in [6, 6.07) is 5.22. The van der Waals surface area contributed by atoms with E-state index < -0.39 is 6.03 Å². The van der Waals surface area contributed by atoms with Crippen molar-refractivity contribution in [3.05, 3.63) is 35.1 Å². The molecule has 2 heterocycles. The number of aliphatic hydroxyl groups excluding tert-OH is 1. The van der Waals surface area contributed by atoms with Gasteiger partial charge in [0.2, 0.25) is 5.13 Å². The number of aryl methyl sites for hydroxylation is 1. The molecule has 1 aromatic carbocycles. The van der Waals surface area contributed by atoms with Crippen molar-refractivity contribution in [1.29, 1.82) is 0 Å². The first kappa shape index (κ1) is 20.4. The van der Waals surface area contributed by atoms with Crippen LogP contribution in [-0.2, 0) is 6.42 Å². The molecule has 1 fully saturated rings. The number of amides is 2. The second-order valence-corrected chi connectivity index (χ2v) is 7.64. The number of aliphatic hydroxyl groups is 1. The van der Waals surface area contributed by atoms with Gasteiger partial charge in [0.25, 0.3) is 0 Å². The van der Waals surface area contributed by atoms with E-state index in [9.17, 15) is 14.3 Å². The summed E-state index contributed by atoms with van der Waals surface area (Å²) in [4.78, 5) is 14.2. The number of ether oxygens (including phenoxy) is 1. The summed E-state index contributed by atoms with van der Waals surface area (Å²) in [7, 11) is 0. The highest BCUT2D eigenvalue weighted by molar-refractivity contribution is 7.15. The van der Waals surface area contributed by atoms with Crippen molar-refractivity contribution in [3.63, 3.8) is 0 Å². The summed E-state index contributed by atoms with van der Waals surface area (Å²) in [6.45, 7) is 4.07. The van der Waals surface area contributed by atoms with Gasteiger partial charge in [-0.05, 0) is 37.1 Å². The minimum atomic E-state index is -0.404. The van der Waals surface area contributed by atoms with Gasteiger partial charge in [0, 0.05) is 19.6 Å². The molecule has 8 nitrogen and oxygen atoms in total. The molecule has 1 aliphatic heterocycles. The third kappa shape index (κ3) is 5.85. The van der Waals surface area contributed by atoms with Crippen LogP contribution in [0, 0.1) is 5.82 Å². The smallest absolute Gasteiger partial charge is 0.321 e. The van der Waals surface area contributed by atoms with Crippen molar-refractivity contribution < 1.29 is 19.0 Å². The molecule has 0 unspecified atom stereocenters. The Morgan fingerprint density at radius 3 is 2.79 bits per heavy atom. The third-order valence-electron chi connectivity index (χ3n) is 4.38. The first-order valence-electron chi connectivity index (χ1n) is 9.21. The van der Waals surface area contributed by atoms with Crippen LogP contribution in [-0.4, -0.2) is 64.6 Å². The van der Waals surface area contributed by atoms with Crippen LogP contribution >= 0.6 is 11.3 Å². The molecule has 1 aliphatic rings. The minimum absolute atomic E-state index is 0.0689. The first-order valence-corrected chi connectivity index (χ1v) is 10.0. The normalized spacial score (nSPS) is 15.7. The summed E-state index contributed by atoms with van der Waals surface area (Å²) in [5, 5.41) is 24.0. The standard InChI is InChI=1S/C18H24FN5O3S/c1-2-16-22-23-18(28-16)21-17(26)20-13(11-25)7-8-24-9-15(10-24)27-14-5-3-12(19)4-6-14/h3-6,13,15,25H,2,7-11H2,1H3,(H2,20,21,23,26)/t13-/m0/s1. The molecule has 1 atom stereocenters. The lowest BCUT2D eigenvalue weighted by molar-refractivity contribution is 0.0168. The van der Waals surface area contributed by atoms with E-state index in [1.807, 2.05) is 6.92 Å². The van der Waals surface area contributed by atoms with E-state index in [4.69, 9.17) is 4.74 Å². The molecule has 0 bridgehead atoms. The number of likely N-dealkylation sites (tertiary alicyclic amines) is 1. The fourth-order valence-electron chi connectivity index (χ4n) is 2.80.